The molecule has 2 heterocycles. The predicted octanol–water partition coefficient (Wildman–Crippen LogP) is 0.295. The molecule has 1 saturated carbocycles. The van der Waals surface area contributed by atoms with Crippen LogP contribution < -0.4 is 5.32 Å². The molecule has 2 bridgehead atoms. The highest BCUT2D eigenvalue weighted by Gasteiger charge is 2.45. The Morgan fingerprint density at radius 3 is 2.33 bits per heavy atom. The fourth-order valence-electron chi connectivity index (χ4n) is 1.71. The standard InChI is InChI=1S/C6H11NO.ClH/c8-6-1-2-7-5(3-6)4-6;/h5,7-8H,1-4H2;1H. The van der Waals surface area contributed by atoms with Crippen molar-refractivity contribution in [1.29, 1.82) is 0 Å². The van der Waals surface area contributed by atoms with Crippen LogP contribution in [0.1, 0.15) is 19.3 Å². The Morgan fingerprint density at radius 2 is 2.11 bits per heavy atom. The van der Waals surface area contributed by atoms with E-state index in [0.29, 0.717) is 6.04 Å². The Kier molecular flexibility index (Phi) is 1.72. The minimum atomic E-state index is -0.240. The van der Waals surface area contributed by atoms with E-state index in [1.165, 1.54) is 0 Å². The Hall–Kier alpha value is 0.210. The molecule has 0 amide bonds. The minimum Gasteiger partial charge on any atom is -0.390 e. The Labute approximate surface area is 61.0 Å². The minimum absolute atomic E-state index is 0. The number of hydrogen-bond donors (Lipinski definition) is 2. The average molecular weight is 150 g/mol. The van der Waals surface area contributed by atoms with Crippen LogP contribution in [0, 0.1) is 0 Å². The van der Waals surface area contributed by atoms with Crippen LogP contribution in [0.3, 0.4) is 0 Å². The second-order valence-corrected chi connectivity index (χ2v) is 3.03. The molecule has 2 aliphatic heterocycles. The van der Waals surface area contributed by atoms with Gasteiger partial charge in [-0.05, 0) is 25.8 Å². The summed E-state index contributed by atoms with van der Waals surface area (Å²) < 4.78 is 0. The highest BCUT2D eigenvalue weighted by Crippen LogP contribution is 2.37. The third-order valence-electron chi connectivity index (χ3n) is 2.28. The van der Waals surface area contributed by atoms with Crippen LogP contribution in [0.5, 0.6) is 0 Å². The second kappa shape index (κ2) is 2.11. The van der Waals surface area contributed by atoms with Crippen molar-refractivity contribution in [3.63, 3.8) is 0 Å². The van der Waals surface area contributed by atoms with Gasteiger partial charge in [-0.15, -0.1) is 12.4 Å². The first kappa shape index (κ1) is 7.32. The molecule has 0 spiro atoms. The lowest BCUT2D eigenvalue weighted by Gasteiger charge is -2.49. The molecular formula is C6H12ClNO. The van der Waals surface area contributed by atoms with Crippen LogP contribution in [-0.4, -0.2) is 23.3 Å². The Balaban J connectivity index is 0.000000405. The van der Waals surface area contributed by atoms with Gasteiger partial charge < -0.3 is 10.4 Å². The van der Waals surface area contributed by atoms with Crippen LogP contribution in [0.4, 0.5) is 0 Å². The normalized spacial score (nSPS) is 47.0. The molecule has 2 saturated heterocycles. The summed E-state index contributed by atoms with van der Waals surface area (Å²) in [5, 5.41) is 12.7. The monoisotopic (exact) mass is 149 g/mol. The number of halogens is 1. The van der Waals surface area contributed by atoms with Gasteiger partial charge in [0, 0.05) is 6.04 Å². The van der Waals surface area contributed by atoms with E-state index < -0.39 is 0 Å². The molecule has 2 N–H and O–H groups in total. The van der Waals surface area contributed by atoms with E-state index in [1.807, 2.05) is 0 Å². The van der Waals surface area contributed by atoms with Crippen molar-refractivity contribution in [3.8, 4) is 0 Å². The maximum atomic E-state index is 9.40. The highest BCUT2D eigenvalue weighted by atomic mass is 35.5. The van der Waals surface area contributed by atoms with Crippen LogP contribution in [0.25, 0.3) is 0 Å². The number of nitrogens with one attached hydrogen (secondary N) is 1. The molecule has 0 atom stereocenters. The van der Waals surface area contributed by atoms with Gasteiger partial charge in [0.1, 0.15) is 0 Å². The SMILES string of the molecule is Cl.OC12CCNC(C1)C2. The number of piperidine rings is 2. The summed E-state index contributed by atoms with van der Waals surface area (Å²) in [6.45, 7) is 1.02. The van der Waals surface area contributed by atoms with E-state index in [-0.39, 0.29) is 18.0 Å². The quantitative estimate of drug-likeness (QED) is 0.519. The van der Waals surface area contributed by atoms with Gasteiger partial charge in [0.25, 0.3) is 0 Å². The van der Waals surface area contributed by atoms with Crippen molar-refractivity contribution < 1.29 is 5.11 Å². The molecular weight excluding hydrogens is 138 g/mol. The van der Waals surface area contributed by atoms with Gasteiger partial charge in [-0.3, -0.25) is 0 Å². The van der Waals surface area contributed by atoms with Crippen molar-refractivity contribution in [1.82, 2.24) is 5.32 Å². The first-order valence-electron chi connectivity index (χ1n) is 3.24. The first-order chi connectivity index (χ1) is 3.79. The van der Waals surface area contributed by atoms with Crippen LogP contribution in [0.2, 0.25) is 0 Å². The van der Waals surface area contributed by atoms with Gasteiger partial charge in [-0.2, -0.15) is 0 Å². The van der Waals surface area contributed by atoms with Gasteiger partial charge in [0.15, 0.2) is 0 Å². The summed E-state index contributed by atoms with van der Waals surface area (Å²) in [7, 11) is 0. The molecule has 2 nitrogen and oxygen atoms in total. The summed E-state index contributed by atoms with van der Waals surface area (Å²) >= 11 is 0. The van der Waals surface area contributed by atoms with Crippen LogP contribution >= 0.6 is 12.4 Å². The maximum Gasteiger partial charge on any atom is 0.0689 e. The van der Waals surface area contributed by atoms with E-state index in [1.54, 1.807) is 0 Å². The second-order valence-electron chi connectivity index (χ2n) is 3.03. The molecule has 54 valence electrons. The largest absolute Gasteiger partial charge is 0.390 e. The highest BCUT2D eigenvalue weighted by molar-refractivity contribution is 5.85. The van der Waals surface area contributed by atoms with E-state index in [2.05, 4.69) is 5.32 Å². The zero-order valence-electron chi connectivity index (χ0n) is 5.26. The molecule has 1 aliphatic carbocycles. The summed E-state index contributed by atoms with van der Waals surface area (Å²) in [6.07, 6.45) is 2.95. The van der Waals surface area contributed by atoms with E-state index in [0.717, 1.165) is 25.8 Å². The molecule has 3 rings (SSSR count). The lowest BCUT2D eigenvalue weighted by molar-refractivity contribution is -0.0855. The van der Waals surface area contributed by atoms with Crippen LogP contribution in [0.15, 0.2) is 0 Å². The first-order valence-corrected chi connectivity index (χ1v) is 3.24. The lowest BCUT2D eigenvalue weighted by Crippen LogP contribution is -2.60. The van der Waals surface area contributed by atoms with Gasteiger partial charge in [-0.1, -0.05) is 0 Å². The Morgan fingerprint density at radius 1 is 1.44 bits per heavy atom. The smallest absolute Gasteiger partial charge is 0.0689 e. The molecule has 0 unspecified atom stereocenters. The number of hydrogen-bond acceptors (Lipinski definition) is 2. The van der Waals surface area contributed by atoms with Crippen molar-refractivity contribution >= 4 is 12.4 Å². The van der Waals surface area contributed by atoms with Gasteiger partial charge in [-0.25, -0.2) is 0 Å². The van der Waals surface area contributed by atoms with Gasteiger partial charge in [0.2, 0.25) is 0 Å². The molecule has 3 aliphatic rings. The molecule has 0 radical (unpaired) electrons. The molecule has 0 aromatic carbocycles. The summed E-state index contributed by atoms with van der Waals surface area (Å²) in [5.41, 5.74) is -0.240. The topological polar surface area (TPSA) is 32.3 Å². The molecule has 3 heteroatoms. The predicted molar refractivity (Wildman–Crippen MR) is 37.8 cm³/mol. The molecule has 0 aromatic rings. The fraction of sp³-hybridized carbons (Fsp3) is 1.00. The van der Waals surface area contributed by atoms with Gasteiger partial charge in [0.05, 0.1) is 5.60 Å². The van der Waals surface area contributed by atoms with Gasteiger partial charge >= 0.3 is 0 Å². The van der Waals surface area contributed by atoms with E-state index in [4.69, 9.17) is 0 Å². The third-order valence-corrected chi connectivity index (χ3v) is 2.28. The zero-order chi connectivity index (χ0) is 5.61. The summed E-state index contributed by atoms with van der Waals surface area (Å²) in [5.74, 6) is 0. The Bertz CT molecular complexity index is 106. The van der Waals surface area contributed by atoms with Crippen molar-refractivity contribution in [2.45, 2.75) is 30.9 Å². The molecule has 9 heavy (non-hydrogen) atoms. The number of aliphatic hydroxyl groups is 1. The lowest BCUT2D eigenvalue weighted by atomic mass is 9.71. The van der Waals surface area contributed by atoms with E-state index >= 15 is 0 Å². The van der Waals surface area contributed by atoms with Crippen LogP contribution in [-0.2, 0) is 0 Å². The zero-order valence-corrected chi connectivity index (χ0v) is 6.08. The molecule has 0 aromatic heterocycles. The third kappa shape index (κ3) is 1.07. The van der Waals surface area contributed by atoms with Crippen molar-refractivity contribution in [2.75, 3.05) is 6.54 Å². The summed E-state index contributed by atoms with van der Waals surface area (Å²) in [6, 6.07) is 0.647. The van der Waals surface area contributed by atoms with Crippen molar-refractivity contribution in [3.05, 3.63) is 0 Å². The average Bonchev–Trinajstić information content (AvgIpc) is 1.63. The van der Waals surface area contributed by atoms with E-state index in [9.17, 15) is 5.11 Å². The summed E-state index contributed by atoms with van der Waals surface area (Å²) in [4.78, 5) is 0. The number of fused-ring (bicyclic) bond motifs is 2. The van der Waals surface area contributed by atoms with Crippen molar-refractivity contribution in [2.24, 2.45) is 0 Å². The molecule has 3 fully saturated rings. The number of rotatable bonds is 0. The fourth-order valence-corrected chi connectivity index (χ4v) is 1.71. The maximum absolute atomic E-state index is 9.40.